The molecule has 0 radical (unpaired) electrons. The van der Waals surface area contributed by atoms with Crippen molar-refractivity contribution in [3.63, 3.8) is 0 Å². The zero-order valence-corrected chi connectivity index (χ0v) is 30.3. The van der Waals surface area contributed by atoms with Gasteiger partial charge in [-0.2, -0.15) is 0 Å². The van der Waals surface area contributed by atoms with Crippen LogP contribution < -0.4 is 5.19 Å². The van der Waals surface area contributed by atoms with E-state index in [9.17, 15) is 5.11 Å². The van der Waals surface area contributed by atoms with Crippen molar-refractivity contribution >= 4 is 24.3 Å². The third kappa shape index (κ3) is 6.20. The Hall–Kier alpha value is -5.33. The molecule has 0 fully saturated rings. The van der Waals surface area contributed by atoms with E-state index in [4.69, 9.17) is 9.97 Å². The second kappa shape index (κ2) is 12.3. The maximum atomic E-state index is 10.9. The monoisotopic (exact) mass is 658 g/mol. The molecular formula is C43H42N4OSi. The Morgan fingerprint density at radius 3 is 1.94 bits per heavy atom. The molecule has 7 aromatic rings. The van der Waals surface area contributed by atoms with Gasteiger partial charge in [-0.25, -0.2) is 9.97 Å². The number of para-hydroxylation sites is 1. The molecule has 0 bridgehead atoms. The molecule has 0 spiro atoms. The van der Waals surface area contributed by atoms with E-state index in [2.05, 4.69) is 149 Å². The van der Waals surface area contributed by atoms with Gasteiger partial charge >= 0.3 is 0 Å². The number of rotatable bonds is 6. The first-order valence-electron chi connectivity index (χ1n) is 16.8. The first-order chi connectivity index (χ1) is 23.4. The van der Waals surface area contributed by atoms with E-state index in [1.165, 1.54) is 16.3 Å². The van der Waals surface area contributed by atoms with Crippen LogP contribution in [-0.4, -0.2) is 32.7 Å². The fourth-order valence-electron chi connectivity index (χ4n) is 6.52. The molecule has 0 aliphatic carbocycles. The molecule has 0 saturated heterocycles. The Bertz CT molecular complexity index is 2310. The zero-order chi connectivity index (χ0) is 34.5. The lowest BCUT2D eigenvalue weighted by molar-refractivity contribution is 0.453. The van der Waals surface area contributed by atoms with Crippen LogP contribution in [0.25, 0.3) is 67.1 Å². The van der Waals surface area contributed by atoms with Crippen molar-refractivity contribution < 1.29 is 5.11 Å². The standard InChI is InChI=1S/C43H42N4OSi/c1-43(2,3)33-24-36(42(48)45-26-33)41-46-40-34(19-14-20-38(40)47(41)4)31-21-30(28-15-10-8-11-16-28)22-32(23-31)37-25-35(29-17-12-9-13-18-29)39(27-44-37)49(5,6)7/h8-27H,1-7H3,(H,45,48). The summed E-state index contributed by atoms with van der Waals surface area (Å²) in [4.78, 5) is 14.7. The van der Waals surface area contributed by atoms with Crippen molar-refractivity contribution in [2.75, 3.05) is 0 Å². The molecule has 5 nitrogen and oxygen atoms in total. The average Bonchev–Trinajstić information content (AvgIpc) is 3.43. The van der Waals surface area contributed by atoms with Gasteiger partial charge in [-0.15, -0.1) is 0 Å². The minimum Gasteiger partial charge on any atom is -0.493 e. The van der Waals surface area contributed by atoms with E-state index in [0.29, 0.717) is 11.4 Å². The lowest BCUT2D eigenvalue weighted by Crippen LogP contribution is -2.39. The summed E-state index contributed by atoms with van der Waals surface area (Å²) >= 11 is 0. The Labute approximate surface area is 290 Å². The quantitative estimate of drug-likeness (QED) is 0.181. The molecule has 3 aromatic heterocycles. The molecule has 4 aromatic carbocycles. The van der Waals surface area contributed by atoms with Gasteiger partial charge in [0, 0.05) is 30.6 Å². The van der Waals surface area contributed by atoms with Crippen molar-refractivity contribution in [2.24, 2.45) is 7.05 Å². The number of hydrogen-bond acceptors (Lipinski definition) is 4. The Morgan fingerprint density at radius 2 is 1.27 bits per heavy atom. The molecule has 6 heteroatoms. The first-order valence-corrected chi connectivity index (χ1v) is 20.3. The lowest BCUT2D eigenvalue weighted by Gasteiger charge is -2.22. The molecule has 244 valence electrons. The second-order valence-electron chi connectivity index (χ2n) is 14.9. The molecular weight excluding hydrogens is 617 g/mol. The highest BCUT2D eigenvalue weighted by molar-refractivity contribution is 6.89. The van der Waals surface area contributed by atoms with Gasteiger partial charge in [0.2, 0.25) is 5.88 Å². The molecule has 0 unspecified atom stereocenters. The maximum absolute atomic E-state index is 10.9. The Morgan fingerprint density at radius 1 is 0.612 bits per heavy atom. The van der Waals surface area contributed by atoms with Crippen molar-refractivity contribution in [2.45, 2.75) is 45.8 Å². The summed E-state index contributed by atoms with van der Waals surface area (Å²) in [5.41, 5.74) is 12.1. The van der Waals surface area contributed by atoms with Crippen molar-refractivity contribution in [1.29, 1.82) is 0 Å². The second-order valence-corrected chi connectivity index (χ2v) is 19.9. The van der Waals surface area contributed by atoms with Gasteiger partial charge in [0.1, 0.15) is 5.82 Å². The van der Waals surface area contributed by atoms with Crippen LogP contribution in [0, 0.1) is 0 Å². The average molecular weight is 659 g/mol. The van der Waals surface area contributed by atoms with Crippen LogP contribution >= 0.6 is 0 Å². The molecule has 0 aliphatic rings. The summed E-state index contributed by atoms with van der Waals surface area (Å²) in [7, 11) is 0.312. The number of hydrogen-bond donors (Lipinski definition) is 1. The molecule has 0 atom stereocenters. The van der Waals surface area contributed by atoms with Crippen molar-refractivity contribution in [1.82, 2.24) is 19.5 Å². The number of benzene rings is 4. The molecule has 0 saturated carbocycles. The van der Waals surface area contributed by atoms with E-state index >= 15 is 0 Å². The summed E-state index contributed by atoms with van der Waals surface area (Å²) < 4.78 is 2.05. The van der Waals surface area contributed by atoms with Crippen molar-refractivity contribution in [3.8, 4) is 61.9 Å². The van der Waals surface area contributed by atoms with Crippen LogP contribution in [0.15, 0.2) is 122 Å². The van der Waals surface area contributed by atoms with E-state index in [-0.39, 0.29) is 11.3 Å². The summed E-state index contributed by atoms with van der Waals surface area (Å²) in [6.45, 7) is 13.6. The smallest absolute Gasteiger partial charge is 0.222 e. The fourth-order valence-corrected chi connectivity index (χ4v) is 7.99. The number of nitrogens with zero attached hydrogens (tertiary/aromatic N) is 4. The largest absolute Gasteiger partial charge is 0.493 e. The highest BCUT2D eigenvalue weighted by Gasteiger charge is 2.24. The number of imidazole rings is 1. The van der Waals surface area contributed by atoms with Gasteiger partial charge in [-0.3, -0.25) is 4.98 Å². The minimum atomic E-state index is -1.69. The van der Waals surface area contributed by atoms with Crippen LogP contribution in [0.3, 0.4) is 0 Å². The molecule has 0 amide bonds. The van der Waals surface area contributed by atoms with Crippen LogP contribution in [-0.2, 0) is 12.5 Å². The predicted molar refractivity (Wildman–Crippen MR) is 207 cm³/mol. The van der Waals surface area contributed by atoms with Gasteiger partial charge in [-0.1, -0.05) is 113 Å². The summed E-state index contributed by atoms with van der Waals surface area (Å²) in [5, 5.41) is 12.3. The molecule has 1 N–H and O–H groups in total. The lowest BCUT2D eigenvalue weighted by atomic mass is 9.87. The van der Waals surface area contributed by atoms with Gasteiger partial charge in [0.05, 0.1) is 30.4 Å². The van der Waals surface area contributed by atoms with E-state index < -0.39 is 8.07 Å². The van der Waals surface area contributed by atoms with Crippen LogP contribution in [0.4, 0.5) is 0 Å². The van der Waals surface area contributed by atoms with Gasteiger partial charge in [0.15, 0.2) is 0 Å². The zero-order valence-electron chi connectivity index (χ0n) is 29.3. The van der Waals surface area contributed by atoms with E-state index in [1.807, 2.05) is 23.7 Å². The van der Waals surface area contributed by atoms with Gasteiger partial charge in [-0.05, 0) is 80.4 Å². The molecule has 49 heavy (non-hydrogen) atoms. The predicted octanol–water partition coefficient (Wildman–Crippen LogP) is 10.2. The maximum Gasteiger partial charge on any atom is 0.222 e. The molecule has 0 aliphatic heterocycles. The van der Waals surface area contributed by atoms with Crippen LogP contribution in [0.1, 0.15) is 26.3 Å². The SMILES string of the molecule is Cn1c(-c2cc(C(C)(C)C)cnc2O)nc2c(-c3cc(-c4ccccc4)cc(-c4cc(-c5ccccc5)c([Si](C)(C)C)cn4)c3)cccc21. The van der Waals surface area contributed by atoms with Gasteiger partial charge in [0.25, 0.3) is 0 Å². The van der Waals surface area contributed by atoms with Crippen LogP contribution in [0.5, 0.6) is 5.88 Å². The number of pyridine rings is 2. The number of aryl methyl sites for hydroxylation is 1. The fraction of sp³-hybridized carbons (Fsp3) is 0.186. The minimum absolute atomic E-state index is 0.0247. The summed E-state index contributed by atoms with van der Waals surface area (Å²) in [6.07, 6.45) is 3.85. The van der Waals surface area contributed by atoms with E-state index in [0.717, 1.165) is 50.1 Å². The summed E-state index contributed by atoms with van der Waals surface area (Å²) in [6, 6.07) is 38.5. The highest BCUT2D eigenvalue weighted by atomic mass is 28.3. The topological polar surface area (TPSA) is 63.8 Å². The third-order valence-corrected chi connectivity index (χ3v) is 11.3. The highest BCUT2D eigenvalue weighted by Crippen LogP contribution is 2.39. The van der Waals surface area contributed by atoms with E-state index in [1.54, 1.807) is 6.20 Å². The number of aromatic hydroxyl groups is 1. The first kappa shape index (κ1) is 32.2. The Kier molecular flexibility index (Phi) is 8.08. The number of aromatic nitrogens is 4. The Balaban J connectivity index is 1.44. The van der Waals surface area contributed by atoms with Crippen molar-refractivity contribution in [3.05, 3.63) is 127 Å². The third-order valence-electron chi connectivity index (χ3n) is 9.33. The molecule has 7 rings (SSSR count). The normalized spacial score (nSPS) is 12.1. The summed E-state index contributed by atoms with van der Waals surface area (Å²) in [5.74, 6) is 0.650. The molecule has 3 heterocycles. The van der Waals surface area contributed by atoms with Gasteiger partial charge < -0.3 is 9.67 Å². The van der Waals surface area contributed by atoms with Crippen LogP contribution in [0.2, 0.25) is 19.6 Å². The number of fused-ring (bicyclic) bond motifs is 1.